The number of carbonyl (C=O) groups is 2. The van der Waals surface area contributed by atoms with E-state index in [1.54, 1.807) is 42.5 Å². The minimum Gasteiger partial charge on any atom is -0.494 e. The van der Waals surface area contributed by atoms with Crippen molar-refractivity contribution in [2.45, 2.75) is 27.7 Å². The highest BCUT2D eigenvalue weighted by Crippen LogP contribution is 2.26. The molecule has 0 aliphatic heterocycles. The van der Waals surface area contributed by atoms with Crippen molar-refractivity contribution >= 4 is 23.6 Å². The number of nitrogens with zero attached hydrogens (tertiary/aromatic N) is 2. The molecule has 1 aromatic heterocycles. The number of aromatic carboxylic acids is 1. The van der Waals surface area contributed by atoms with Gasteiger partial charge in [0.1, 0.15) is 17.4 Å². The average Bonchev–Trinajstić information content (AvgIpc) is 3.05. The highest BCUT2D eigenvalue weighted by Gasteiger charge is 2.16. The molecular weight excluding hydrogens is 418 g/mol. The molecule has 0 aliphatic carbocycles. The molecule has 0 saturated carbocycles. The van der Waals surface area contributed by atoms with E-state index in [4.69, 9.17) is 4.74 Å². The van der Waals surface area contributed by atoms with Gasteiger partial charge in [0.05, 0.1) is 12.2 Å². The van der Waals surface area contributed by atoms with E-state index >= 15 is 0 Å². The number of aryl methyl sites for hydroxylation is 2. The number of rotatable bonds is 7. The minimum atomic E-state index is -1.00. The van der Waals surface area contributed by atoms with Crippen molar-refractivity contribution < 1.29 is 19.4 Å². The van der Waals surface area contributed by atoms with E-state index < -0.39 is 11.9 Å². The predicted octanol–water partition coefficient (Wildman–Crippen LogP) is 5.05. The molecule has 33 heavy (non-hydrogen) atoms. The molecule has 0 fully saturated rings. The van der Waals surface area contributed by atoms with E-state index in [0.717, 1.165) is 22.6 Å². The lowest BCUT2D eigenvalue weighted by Crippen LogP contribution is -2.13. The van der Waals surface area contributed by atoms with Gasteiger partial charge in [0, 0.05) is 28.8 Å². The number of carbonyl (C=O) groups excluding carboxylic acids is 1. The molecule has 7 nitrogen and oxygen atoms in total. The Morgan fingerprint density at radius 3 is 2.58 bits per heavy atom. The van der Waals surface area contributed by atoms with Gasteiger partial charge in [-0.15, -0.1) is 0 Å². The number of anilines is 1. The van der Waals surface area contributed by atoms with Gasteiger partial charge in [0.25, 0.3) is 5.91 Å². The molecule has 0 bridgehead atoms. The Hall–Kier alpha value is -4.31. The van der Waals surface area contributed by atoms with Gasteiger partial charge in [0.15, 0.2) is 0 Å². The molecule has 3 rings (SSSR count). The Kier molecular flexibility index (Phi) is 6.99. The third-order valence-corrected chi connectivity index (χ3v) is 5.24. The van der Waals surface area contributed by atoms with Gasteiger partial charge in [-0.05, 0) is 75.2 Å². The van der Waals surface area contributed by atoms with Crippen LogP contribution in [0.25, 0.3) is 11.8 Å². The first kappa shape index (κ1) is 23.4. The Labute approximate surface area is 192 Å². The van der Waals surface area contributed by atoms with Crippen LogP contribution in [-0.2, 0) is 4.79 Å². The molecule has 1 amide bonds. The number of carboxylic acid groups (broad SMARTS) is 1. The maximum Gasteiger partial charge on any atom is 0.335 e. The number of nitrogens with one attached hydrogen (secondary N) is 1. The number of amides is 1. The van der Waals surface area contributed by atoms with Crippen LogP contribution in [0.2, 0.25) is 0 Å². The second-order valence-electron chi connectivity index (χ2n) is 7.55. The molecular formula is C26H25N3O4. The van der Waals surface area contributed by atoms with Crippen LogP contribution in [0.3, 0.4) is 0 Å². The fourth-order valence-corrected chi connectivity index (χ4v) is 3.62. The second kappa shape index (κ2) is 9.88. The lowest BCUT2D eigenvalue weighted by Gasteiger charge is -2.13. The van der Waals surface area contributed by atoms with E-state index in [-0.39, 0.29) is 11.1 Å². The molecule has 168 valence electrons. The quantitative estimate of drug-likeness (QED) is 0.393. The highest BCUT2D eigenvalue weighted by molar-refractivity contribution is 6.09. The summed E-state index contributed by atoms with van der Waals surface area (Å²) >= 11 is 0. The SMILES string of the molecule is CCOc1cccc(NC(=O)/C(C#N)=C\c2cc(C)n(-c3cc(C(=O)O)ccc3C)c2C)c1. The molecule has 3 aromatic rings. The number of ether oxygens (including phenoxy) is 1. The van der Waals surface area contributed by atoms with Crippen molar-refractivity contribution in [1.29, 1.82) is 5.26 Å². The van der Waals surface area contributed by atoms with Gasteiger partial charge in [0.2, 0.25) is 0 Å². The van der Waals surface area contributed by atoms with Crippen molar-refractivity contribution in [3.63, 3.8) is 0 Å². The second-order valence-corrected chi connectivity index (χ2v) is 7.55. The largest absolute Gasteiger partial charge is 0.494 e. The van der Waals surface area contributed by atoms with E-state index in [1.165, 1.54) is 6.08 Å². The van der Waals surface area contributed by atoms with Gasteiger partial charge in [-0.3, -0.25) is 4.79 Å². The van der Waals surface area contributed by atoms with E-state index in [1.807, 2.05) is 44.4 Å². The summed E-state index contributed by atoms with van der Waals surface area (Å²) in [5.74, 6) is -0.907. The molecule has 0 atom stereocenters. The van der Waals surface area contributed by atoms with Crippen LogP contribution in [0.5, 0.6) is 5.75 Å². The topological polar surface area (TPSA) is 104 Å². The molecule has 0 saturated heterocycles. The van der Waals surface area contributed by atoms with Gasteiger partial charge in [-0.1, -0.05) is 12.1 Å². The van der Waals surface area contributed by atoms with Crippen molar-refractivity contribution in [1.82, 2.24) is 4.57 Å². The molecule has 1 heterocycles. The van der Waals surface area contributed by atoms with Crippen molar-refractivity contribution in [3.05, 3.63) is 82.2 Å². The van der Waals surface area contributed by atoms with Gasteiger partial charge in [-0.2, -0.15) is 5.26 Å². The first-order chi connectivity index (χ1) is 15.7. The van der Waals surface area contributed by atoms with Crippen LogP contribution in [0, 0.1) is 32.1 Å². The number of aromatic nitrogens is 1. The van der Waals surface area contributed by atoms with E-state index in [2.05, 4.69) is 5.32 Å². The van der Waals surface area contributed by atoms with Crippen LogP contribution in [0.15, 0.2) is 54.1 Å². The van der Waals surface area contributed by atoms with Gasteiger partial charge in [-0.25, -0.2) is 4.79 Å². The summed E-state index contributed by atoms with van der Waals surface area (Å²) in [6.45, 7) is 8.04. The fourth-order valence-electron chi connectivity index (χ4n) is 3.62. The normalized spacial score (nSPS) is 11.1. The van der Waals surface area contributed by atoms with Crippen LogP contribution >= 0.6 is 0 Å². The molecule has 0 spiro atoms. The summed E-state index contributed by atoms with van der Waals surface area (Å²) in [4.78, 5) is 24.2. The summed E-state index contributed by atoms with van der Waals surface area (Å²) < 4.78 is 7.37. The average molecular weight is 444 g/mol. The molecule has 0 aliphatic rings. The third kappa shape index (κ3) is 5.13. The van der Waals surface area contributed by atoms with Crippen molar-refractivity contribution in [3.8, 4) is 17.5 Å². The van der Waals surface area contributed by atoms with E-state index in [0.29, 0.717) is 23.6 Å². The number of carboxylic acids is 1. The zero-order chi connectivity index (χ0) is 24.1. The molecule has 2 N–H and O–H groups in total. The number of benzene rings is 2. The zero-order valence-corrected chi connectivity index (χ0v) is 19.0. The minimum absolute atomic E-state index is 0.0481. The molecule has 2 aromatic carbocycles. The standard InChI is InChI=1S/C26H25N3O4/c1-5-33-23-8-6-7-22(14-23)28-25(30)21(15-27)12-20-11-17(3)29(18(20)4)24-13-19(26(31)32)10-9-16(24)2/h6-14H,5H2,1-4H3,(H,28,30)(H,31,32)/b21-12-. The summed E-state index contributed by atoms with van der Waals surface area (Å²) in [6, 6.07) is 15.7. The monoisotopic (exact) mass is 443 g/mol. The van der Waals surface area contributed by atoms with Crippen molar-refractivity contribution in [2.75, 3.05) is 11.9 Å². The van der Waals surface area contributed by atoms with Crippen LogP contribution in [-0.4, -0.2) is 28.2 Å². The van der Waals surface area contributed by atoms with Crippen LogP contribution < -0.4 is 10.1 Å². The van der Waals surface area contributed by atoms with Crippen LogP contribution in [0.4, 0.5) is 5.69 Å². The van der Waals surface area contributed by atoms with Crippen LogP contribution in [0.1, 0.15) is 39.8 Å². The summed E-state index contributed by atoms with van der Waals surface area (Å²) in [6.07, 6.45) is 1.54. The maximum atomic E-state index is 12.7. The lowest BCUT2D eigenvalue weighted by molar-refractivity contribution is -0.112. The number of hydrogen-bond donors (Lipinski definition) is 2. The first-order valence-electron chi connectivity index (χ1n) is 10.4. The molecule has 0 radical (unpaired) electrons. The van der Waals surface area contributed by atoms with E-state index in [9.17, 15) is 20.0 Å². The molecule has 0 unspecified atom stereocenters. The number of nitriles is 1. The number of hydrogen-bond acceptors (Lipinski definition) is 4. The predicted molar refractivity (Wildman–Crippen MR) is 127 cm³/mol. The summed E-state index contributed by atoms with van der Waals surface area (Å²) in [5, 5.41) is 21.7. The Morgan fingerprint density at radius 1 is 1.15 bits per heavy atom. The highest BCUT2D eigenvalue weighted by atomic mass is 16.5. The summed E-state index contributed by atoms with van der Waals surface area (Å²) in [5.41, 5.74) is 4.65. The third-order valence-electron chi connectivity index (χ3n) is 5.24. The Balaban J connectivity index is 1.95. The van der Waals surface area contributed by atoms with Crippen molar-refractivity contribution in [2.24, 2.45) is 0 Å². The zero-order valence-electron chi connectivity index (χ0n) is 19.0. The Morgan fingerprint density at radius 2 is 1.91 bits per heavy atom. The smallest absolute Gasteiger partial charge is 0.335 e. The first-order valence-corrected chi connectivity index (χ1v) is 10.4. The lowest BCUT2D eigenvalue weighted by atomic mass is 10.1. The summed E-state index contributed by atoms with van der Waals surface area (Å²) in [7, 11) is 0. The Bertz CT molecular complexity index is 1300. The van der Waals surface area contributed by atoms with Gasteiger partial charge < -0.3 is 19.7 Å². The fraction of sp³-hybridized carbons (Fsp3) is 0.192. The van der Waals surface area contributed by atoms with Gasteiger partial charge >= 0.3 is 5.97 Å². The maximum absolute atomic E-state index is 12.7. The molecule has 7 heteroatoms.